The van der Waals surface area contributed by atoms with Crippen molar-refractivity contribution >= 4 is 5.91 Å². The highest BCUT2D eigenvalue weighted by molar-refractivity contribution is 5.78. The fourth-order valence-corrected chi connectivity index (χ4v) is 4.35. The minimum atomic E-state index is -0.159. The lowest BCUT2D eigenvalue weighted by Crippen LogP contribution is -2.50. The van der Waals surface area contributed by atoms with Crippen molar-refractivity contribution < 1.29 is 19.0 Å². The Labute approximate surface area is 182 Å². The van der Waals surface area contributed by atoms with E-state index in [1.54, 1.807) is 0 Å². The van der Waals surface area contributed by atoms with Gasteiger partial charge >= 0.3 is 0 Å². The second-order valence-electron chi connectivity index (χ2n) is 8.39. The molecule has 7 nitrogen and oxygen atoms in total. The van der Waals surface area contributed by atoms with Crippen LogP contribution in [0.5, 0.6) is 17.2 Å². The first-order valence-electron chi connectivity index (χ1n) is 11.1. The van der Waals surface area contributed by atoms with Gasteiger partial charge in [-0.1, -0.05) is 24.3 Å². The third-order valence-electron chi connectivity index (χ3n) is 6.09. The lowest BCUT2D eigenvalue weighted by molar-refractivity contribution is -0.123. The second-order valence-corrected chi connectivity index (χ2v) is 8.39. The number of nitrogens with one attached hydrogen (secondary N) is 1. The Hall–Kier alpha value is -2.77. The van der Waals surface area contributed by atoms with Crippen LogP contribution in [0.15, 0.2) is 42.5 Å². The summed E-state index contributed by atoms with van der Waals surface area (Å²) in [5.41, 5.74) is 2.66. The molecule has 0 unspecified atom stereocenters. The standard InChI is InChI=1S/C24H29N3O4/c28-24(25-14-20-17-30-22-3-1-2-4-23(22)31-20)16-27-10-8-26(9-11-27)15-18-5-6-21-19(13-18)7-12-29-21/h1-6,13,20H,7-12,14-17H2,(H,25,28)/t20-/m1/s1. The fourth-order valence-electron chi connectivity index (χ4n) is 4.35. The van der Waals surface area contributed by atoms with E-state index in [4.69, 9.17) is 14.2 Å². The summed E-state index contributed by atoms with van der Waals surface area (Å²) in [4.78, 5) is 17.1. The van der Waals surface area contributed by atoms with Crippen LogP contribution in [0.2, 0.25) is 0 Å². The van der Waals surface area contributed by atoms with Gasteiger partial charge in [-0.05, 0) is 29.3 Å². The molecule has 1 saturated heterocycles. The molecule has 2 aromatic carbocycles. The Morgan fingerprint density at radius 1 is 0.968 bits per heavy atom. The van der Waals surface area contributed by atoms with Crippen LogP contribution in [-0.4, -0.2) is 74.3 Å². The fraction of sp³-hybridized carbons (Fsp3) is 0.458. The van der Waals surface area contributed by atoms with Gasteiger partial charge in [-0.2, -0.15) is 0 Å². The SMILES string of the molecule is O=C(CN1CCN(Cc2ccc3c(c2)CCO3)CC1)NC[C@@H]1COc2ccccc2O1. The van der Waals surface area contributed by atoms with E-state index in [1.807, 2.05) is 24.3 Å². The number of benzene rings is 2. The van der Waals surface area contributed by atoms with Gasteiger partial charge in [0.1, 0.15) is 18.5 Å². The van der Waals surface area contributed by atoms with Crippen molar-refractivity contribution in [1.82, 2.24) is 15.1 Å². The maximum Gasteiger partial charge on any atom is 0.234 e. The van der Waals surface area contributed by atoms with E-state index in [9.17, 15) is 4.79 Å². The van der Waals surface area contributed by atoms with E-state index in [-0.39, 0.29) is 12.0 Å². The summed E-state index contributed by atoms with van der Waals surface area (Å²) in [6.07, 6.45) is 0.852. The minimum Gasteiger partial charge on any atom is -0.493 e. The molecule has 3 heterocycles. The summed E-state index contributed by atoms with van der Waals surface area (Å²) in [5.74, 6) is 2.57. The van der Waals surface area contributed by atoms with E-state index < -0.39 is 0 Å². The summed E-state index contributed by atoms with van der Waals surface area (Å²) in [6.45, 7) is 6.82. The van der Waals surface area contributed by atoms with E-state index >= 15 is 0 Å². The van der Waals surface area contributed by atoms with Crippen LogP contribution in [-0.2, 0) is 17.8 Å². The molecule has 0 aliphatic carbocycles. The van der Waals surface area contributed by atoms with Gasteiger partial charge in [0.2, 0.25) is 5.91 Å². The normalized spacial score (nSPS) is 20.7. The van der Waals surface area contributed by atoms with E-state index in [0.717, 1.165) is 63.0 Å². The number of amides is 1. The van der Waals surface area contributed by atoms with Crippen molar-refractivity contribution in [2.45, 2.75) is 19.1 Å². The summed E-state index contributed by atoms with van der Waals surface area (Å²) in [6, 6.07) is 14.2. The number of nitrogens with zero attached hydrogens (tertiary/aromatic N) is 2. The number of hydrogen-bond acceptors (Lipinski definition) is 6. The van der Waals surface area contributed by atoms with Crippen molar-refractivity contribution in [2.24, 2.45) is 0 Å². The highest BCUT2D eigenvalue weighted by Crippen LogP contribution is 2.30. The largest absolute Gasteiger partial charge is 0.493 e. The average Bonchev–Trinajstić information content (AvgIpc) is 3.27. The second kappa shape index (κ2) is 9.16. The van der Waals surface area contributed by atoms with Crippen LogP contribution in [0.3, 0.4) is 0 Å². The van der Waals surface area contributed by atoms with Gasteiger partial charge in [0.05, 0.1) is 19.7 Å². The van der Waals surface area contributed by atoms with E-state index in [2.05, 4.69) is 33.3 Å². The number of fused-ring (bicyclic) bond motifs is 2. The summed E-state index contributed by atoms with van der Waals surface area (Å²) >= 11 is 0. The van der Waals surface area contributed by atoms with Crippen LogP contribution >= 0.6 is 0 Å². The number of rotatable bonds is 6. The highest BCUT2D eigenvalue weighted by Gasteiger charge is 2.23. The van der Waals surface area contributed by atoms with E-state index in [0.29, 0.717) is 19.7 Å². The maximum absolute atomic E-state index is 12.4. The van der Waals surface area contributed by atoms with E-state index in [1.165, 1.54) is 11.1 Å². The molecule has 1 N–H and O–H groups in total. The van der Waals surface area contributed by atoms with Gasteiger partial charge in [0.25, 0.3) is 0 Å². The number of para-hydroxylation sites is 2. The molecule has 1 atom stereocenters. The number of hydrogen-bond donors (Lipinski definition) is 1. The Morgan fingerprint density at radius 3 is 2.65 bits per heavy atom. The molecule has 3 aliphatic heterocycles. The lowest BCUT2D eigenvalue weighted by atomic mass is 10.1. The molecule has 5 rings (SSSR count). The first-order valence-corrected chi connectivity index (χ1v) is 11.1. The maximum atomic E-state index is 12.4. The number of carbonyl (C=O) groups is 1. The molecular formula is C24H29N3O4. The first kappa shape index (κ1) is 20.2. The monoisotopic (exact) mass is 423 g/mol. The number of piperazine rings is 1. The molecular weight excluding hydrogens is 394 g/mol. The van der Waals surface area contributed by atoms with Gasteiger partial charge in [-0.3, -0.25) is 14.6 Å². The topological polar surface area (TPSA) is 63.3 Å². The zero-order valence-electron chi connectivity index (χ0n) is 17.7. The molecule has 0 bridgehead atoms. The molecule has 1 fully saturated rings. The van der Waals surface area contributed by atoms with Crippen LogP contribution in [0, 0.1) is 0 Å². The Morgan fingerprint density at radius 2 is 1.77 bits per heavy atom. The Kier molecular flexibility index (Phi) is 5.95. The Bertz CT molecular complexity index is 927. The smallest absolute Gasteiger partial charge is 0.234 e. The summed E-state index contributed by atoms with van der Waals surface area (Å²) in [5, 5.41) is 2.99. The summed E-state index contributed by atoms with van der Waals surface area (Å²) < 4.78 is 17.2. The van der Waals surface area contributed by atoms with Crippen molar-refractivity contribution in [2.75, 3.05) is 52.5 Å². The molecule has 1 amide bonds. The molecule has 2 aromatic rings. The lowest BCUT2D eigenvalue weighted by Gasteiger charge is -2.34. The van der Waals surface area contributed by atoms with Gasteiger partial charge in [0, 0.05) is 39.1 Å². The number of carbonyl (C=O) groups excluding carboxylic acids is 1. The molecule has 0 radical (unpaired) electrons. The van der Waals surface area contributed by atoms with Crippen molar-refractivity contribution in [3.05, 3.63) is 53.6 Å². The van der Waals surface area contributed by atoms with Gasteiger partial charge in [-0.25, -0.2) is 0 Å². The highest BCUT2D eigenvalue weighted by atomic mass is 16.6. The van der Waals surface area contributed by atoms with Gasteiger partial charge in [0.15, 0.2) is 11.5 Å². The number of ether oxygens (including phenoxy) is 3. The van der Waals surface area contributed by atoms with Crippen LogP contribution in [0.25, 0.3) is 0 Å². The molecule has 31 heavy (non-hydrogen) atoms. The zero-order valence-corrected chi connectivity index (χ0v) is 17.7. The minimum absolute atomic E-state index is 0.0366. The molecule has 0 aromatic heterocycles. The Balaban J connectivity index is 1.02. The van der Waals surface area contributed by atoms with Gasteiger partial charge in [-0.15, -0.1) is 0 Å². The third kappa shape index (κ3) is 4.94. The molecule has 3 aliphatic rings. The third-order valence-corrected chi connectivity index (χ3v) is 6.09. The first-order chi connectivity index (χ1) is 15.2. The molecule has 0 saturated carbocycles. The molecule has 0 spiro atoms. The van der Waals surface area contributed by atoms with Crippen molar-refractivity contribution in [3.63, 3.8) is 0 Å². The van der Waals surface area contributed by atoms with Crippen molar-refractivity contribution in [3.8, 4) is 17.2 Å². The molecule has 7 heteroatoms. The predicted octanol–water partition coefficient (Wildman–Crippen LogP) is 1.70. The van der Waals surface area contributed by atoms with Crippen LogP contribution in [0.1, 0.15) is 11.1 Å². The van der Waals surface area contributed by atoms with Crippen LogP contribution < -0.4 is 19.5 Å². The quantitative estimate of drug-likeness (QED) is 0.763. The predicted molar refractivity (Wildman–Crippen MR) is 117 cm³/mol. The average molecular weight is 424 g/mol. The van der Waals surface area contributed by atoms with Gasteiger partial charge < -0.3 is 19.5 Å². The summed E-state index contributed by atoms with van der Waals surface area (Å²) in [7, 11) is 0. The van der Waals surface area contributed by atoms with Crippen LogP contribution in [0.4, 0.5) is 0 Å². The zero-order chi connectivity index (χ0) is 21.0. The molecule has 164 valence electrons. The van der Waals surface area contributed by atoms with Crippen molar-refractivity contribution in [1.29, 1.82) is 0 Å².